The van der Waals surface area contributed by atoms with E-state index >= 15 is 0 Å². The fraction of sp³-hybridized carbons (Fsp3) is 0.417. The number of benzene rings is 2. The Morgan fingerprint density at radius 3 is 2.42 bits per heavy atom. The van der Waals surface area contributed by atoms with Gasteiger partial charge in [0.1, 0.15) is 11.9 Å². The van der Waals surface area contributed by atoms with Crippen LogP contribution < -0.4 is 14.8 Å². The van der Waals surface area contributed by atoms with Crippen LogP contribution in [0.5, 0.6) is 11.5 Å². The Morgan fingerprint density at radius 1 is 1.06 bits per heavy atom. The smallest absolute Gasteiger partial charge is 0.243 e. The van der Waals surface area contributed by atoms with Gasteiger partial charge < -0.3 is 19.7 Å². The van der Waals surface area contributed by atoms with Crippen molar-refractivity contribution in [2.75, 3.05) is 6.79 Å². The first-order valence-corrected chi connectivity index (χ1v) is 10.6. The van der Waals surface area contributed by atoms with Gasteiger partial charge >= 0.3 is 0 Å². The molecule has 166 valence electrons. The molecule has 6 nitrogen and oxygen atoms in total. The van der Waals surface area contributed by atoms with Crippen molar-refractivity contribution in [3.05, 3.63) is 59.4 Å². The van der Waals surface area contributed by atoms with Crippen LogP contribution in [0.25, 0.3) is 0 Å². The van der Waals surface area contributed by atoms with Crippen LogP contribution in [0, 0.1) is 5.82 Å². The molecule has 7 heteroatoms. The van der Waals surface area contributed by atoms with E-state index in [1.54, 1.807) is 17.0 Å². The molecule has 2 amide bonds. The molecule has 0 radical (unpaired) electrons. The molecule has 2 aromatic carbocycles. The van der Waals surface area contributed by atoms with Gasteiger partial charge in [-0.2, -0.15) is 0 Å². The van der Waals surface area contributed by atoms with Crippen molar-refractivity contribution in [1.29, 1.82) is 0 Å². The van der Waals surface area contributed by atoms with Crippen LogP contribution in [-0.4, -0.2) is 35.6 Å². The number of hydrogen-bond donors (Lipinski definition) is 1. The third-order valence-corrected chi connectivity index (χ3v) is 5.15. The molecule has 1 aliphatic heterocycles. The number of ether oxygens (including phenoxy) is 2. The average Bonchev–Trinajstić information content (AvgIpc) is 3.20. The van der Waals surface area contributed by atoms with E-state index in [4.69, 9.17) is 9.47 Å². The quantitative estimate of drug-likeness (QED) is 0.659. The predicted molar refractivity (Wildman–Crippen MR) is 115 cm³/mol. The topological polar surface area (TPSA) is 67.9 Å². The molecule has 2 aromatic rings. The van der Waals surface area contributed by atoms with Gasteiger partial charge in [-0.3, -0.25) is 9.59 Å². The SMILES string of the molecule is CC[C@@H](C(=O)NC(C)C)N(Cc1ccc(F)cc1)C(=O)CCc1ccc2c(c1)OCO2. The highest BCUT2D eigenvalue weighted by molar-refractivity contribution is 5.87. The molecule has 1 atom stereocenters. The van der Waals surface area contributed by atoms with Gasteiger partial charge in [0, 0.05) is 19.0 Å². The normalized spacial score (nSPS) is 13.2. The molecule has 0 spiro atoms. The predicted octanol–water partition coefficient (Wildman–Crippen LogP) is 3.82. The number of fused-ring (bicyclic) bond motifs is 1. The minimum Gasteiger partial charge on any atom is -0.454 e. The molecule has 1 N–H and O–H groups in total. The summed E-state index contributed by atoms with van der Waals surface area (Å²) in [5.74, 6) is 0.720. The molecule has 1 aliphatic rings. The maximum absolute atomic E-state index is 13.3. The Labute approximate surface area is 182 Å². The second-order valence-electron chi connectivity index (χ2n) is 7.92. The van der Waals surface area contributed by atoms with E-state index in [9.17, 15) is 14.0 Å². The molecule has 0 aliphatic carbocycles. The van der Waals surface area contributed by atoms with Gasteiger partial charge in [0.05, 0.1) is 0 Å². The number of rotatable bonds is 9. The van der Waals surface area contributed by atoms with Gasteiger partial charge in [-0.1, -0.05) is 25.1 Å². The fourth-order valence-electron chi connectivity index (χ4n) is 3.58. The van der Waals surface area contributed by atoms with Crippen molar-refractivity contribution < 1.29 is 23.5 Å². The zero-order chi connectivity index (χ0) is 22.4. The molecule has 0 aromatic heterocycles. The van der Waals surface area contributed by atoms with E-state index in [2.05, 4.69) is 5.32 Å². The third-order valence-electron chi connectivity index (χ3n) is 5.15. The maximum atomic E-state index is 13.3. The monoisotopic (exact) mass is 428 g/mol. The summed E-state index contributed by atoms with van der Waals surface area (Å²) >= 11 is 0. The zero-order valence-electron chi connectivity index (χ0n) is 18.2. The molecular weight excluding hydrogens is 399 g/mol. The van der Waals surface area contributed by atoms with Crippen LogP contribution in [0.15, 0.2) is 42.5 Å². The van der Waals surface area contributed by atoms with Crippen LogP contribution in [0.3, 0.4) is 0 Å². The molecule has 0 unspecified atom stereocenters. The second-order valence-corrected chi connectivity index (χ2v) is 7.92. The first-order valence-electron chi connectivity index (χ1n) is 10.6. The number of hydrogen-bond acceptors (Lipinski definition) is 4. The molecule has 3 rings (SSSR count). The number of halogens is 1. The Hall–Kier alpha value is -3.09. The standard InChI is InChI=1S/C24H29FN2O4/c1-4-20(24(29)26-16(2)3)27(14-18-5-9-19(25)10-6-18)23(28)12-8-17-7-11-21-22(13-17)31-15-30-21/h5-7,9-11,13,16,20H,4,8,12,14-15H2,1-3H3,(H,26,29)/t20-/m0/s1. The summed E-state index contributed by atoms with van der Waals surface area (Å²) in [5.41, 5.74) is 1.73. The molecule has 0 saturated heterocycles. The highest BCUT2D eigenvalue weighted by atomic mass is 19.1. The Kier molecular flexibility index (Phi) is 7.50. The first-order chi connectivity index (χ1) is 14.9. The van der Waals surface area contributed by atoms with Gasteiger partial charge in [0.15, 0.2) is 11.5 Å². The van der Waals surface area contributed by atoms with Crippen molar-refractivity contribution in [2.45, 2.75) is 58.7 Å². The van der Waals surface area contributed by atoms with Gasteiger partial charge in [0.25, 0.3) is 0 Å². The van der Waals surface area contributed by atoms with Gasteiger partial charge in [0.2, 0.25) is 18.6 Å². The van der Waals surface area contributed by atoms with Gasteiger partial charge in [-0.05, 0) is 62.1 Å². The number of nitrogens with zero attached hydrogens (tertiary/aromatic N) is 1. The van der Waals surface area contributed by atoms with E-state index in [1.807, 2.05) is 39.0 Å². The fourth-order valence-corrected chi connectivity index (χ4v) is 3.58. The summed E-state index contributed by atoms with van der Waals surface area (Å²) in [6.45, 7) is 6.09. The molecule has 31 heavy (non-hydrogen) atoms. The summed E-state index contributed by atoms with van der Waals surface area (Å²) in [5, 5.41) is 2.90. The lowest BCUT2D eigenvalue weighted by atomic mass is 10.1. The number of carbonyl (C=O) groups excluding carboxylic acids is 2. The first kappa shape index (κ1) is 22.6. The summed E-state index contributed by atoms with van der Waals surface area (Å²) in [7, 11) is 0. The Morgan fingerprint density at radius 2 is 1.74 bits per heavy atom. The van der Waals surface area contributed by atoms with Crippen LogP contribution in [0.1, 0.15) is 44.7 Å². The molecule has 0 saturated carbocycles. The average molecular weight is 429 g/mol. The summed E-state index contributed by atoms with van der Waals surface area (Å²) in [6, 6.07) is 11.0. The van der Waals surface area contributed by atoms with Crippen molar-refractivity contribution in [1.82, 2.24) is 10.2 Å². The molecule has 0 fully saturated rings. The maximum Gasteiger partial charge on any atom is 0.243 e. The molecule has 0 bridgehead atoms. The van der Waals surface area contributed by atoms with Gasteiger partial charge in [-0.25, -0.2) is 4.39 Å². The van der Waals surface area contributed by atoms with Crippen LogP contribution in [0.2, 0.25) is 0 Å². The van der Waals surface area contributed by atoms with Crippen LogP contribution in [0.4, 0.5) is 4.39 Å². The summed E-state index contributed by atoms with van der Waals surface area (Å²) in [4.78, 5) is 27.6. The second kappa shape index (κ2) is 10.3. The van der Waals surface area contributed by atoms with E-state index < -0.39 is 6.04 Å². The van der Waals surface area contributed by atoms with E-state index in [0.717, 1.165) is 11.1 Å². The lowest BCUT2D eigenvalue weighted by Crippen LogP contribution is -2.50. The highest BCUT2D eigenvalue weighted by Gasteiger charge is 2.28. The summed E-state index contributed by atoms with van der Waals surface area (Å²) < 4.78 is 24.1. The highest BCUT2D eigenvalue weighted by Crippen LogP contribution is 2.32. The lowest BCUT2D eigenvalue weighted by molar-refractivity contribution is -0.141. The van der Waals surface area contributed by atoms with Crippen molar-refractivity contribution >= 4 is 11.8 Å². The van der Waals surface area contributed by atoms with Crippen molar-refractivity contribution in [2.24, 2.45) is 0 Å². The molecular formula is C24H29FN2O4. The number of carbonyl (C=O) groups is 2. The Bertz CT molecular complexity index is 914. The third kappa shape index (κ3) is 5.96. The number of nitrogens with one attached hydrogen (secondary N) is 1. The lowest BCUT2D eigenvalue weighted by Gasteiger charge is -2.31. The van der Waals surface area contributed by atoms with E-state index in [1.165, 1.54) is 12.1 Å². The van der Waals surface area contributed by atoms with Crippen molar-refractivity contribution in [3.63, 3.8) is 0 Å². The minimum absolute atomic E-state index is 0.0297. The Balaban J connectivity index is 1.75. The van der Waals surface area contributed by atoms with Crippen LogP contribution in [-0.2, 0) is 22.6 Å². The van der Waals surface area contributed by atoms with Crippen LogP contribution >= 0.6 is 0 Å². The van der Waals surface area contributed by atoms with Gasteiger partial charge in [-0.15, -0.1) is 0 Å². The zero-order valence-corrected chi connectivity index (χ0v) is 18.2. The van der Waals surface area contributed by atoms with E-state index in [-0.39, 0.29) is 43.4 Å². The van der Waals surface area contributed by atoms with Crippen molar-refractivity contribution in [3.8, 4) is 11.5 Å². The summed E-state index contributed by atoms with van der Waals surface area (Å²) in [6.07, 6.45) is 1.24. The number of aryl methyl sites for hydroxylation is 1. The largest absolute Gasteiger partial charge is 0.454 e. The van der Waals surface area contributed by atoms with E-state index in [0.29, 0.717) is 24.3 Å². The number of amides is 2. The molecule has 1 heterocycles. The minimum atomic E-state index is -0.600.